The molecule has 1 fully saturated rings. The predicted octanol–water partition coefficient (Wildman–Crippen LogP) is -0.266. The van der Waals surface area contributed by atoms with Crippen LogP contribution in [0.15, 0.2) is 0 Å². The highest BCUT2D eigenvalue weighted by Crippen LogP contribution is 2.27. The van der Waals surface area contributed by atoms with E-state index in [-0.39, 0.29) is 0 Å². The van der Waals surface area contributed by atoms with Gasteiger partial charge in [0, 0.05) is 6.54 Å². The third kappa shape index (κ3) is 2.62. The summed E-state index contributed by atoms with van der Waals surface area (Å²) in [6, 6.07) is 0. The van der Waals surface area contributed by atoms with Gasteiger partial charge in [-0.25, -0.2) is 5.84 Å². The topological polar surface area (TPSA) is 50.1 Å². The number of rotatable bonds is 2. The Kier molecular flexibility index (Phi) is 2.24. The fourth-order valence-electron chi connectivity index (χ4n) is 0.610. The van der Waals surface area contributed by atoms with Gasteiger partial charge in [-0.3, -0.25) is 0 Å². The van der Waals surface area contributed by atoms with Gasteiger partial charge in [0.25, 0.3) is 0 Å². The van der Waals surface area contributed by atoms with E-state index < -0.39 is 0 Å². The van der Waals surface area contributed by atoms with Crippen LogP contribution in [0.2, 0.25) is 0 Å². The fourth-order valence-corrected chi connectivity index (χ4v) is 0.693. The van der Waals surface area contributed by atoms with Crippen molar-refractivity contribution in [2.45, 2.75) is 12.8 Å². The monoisotopic (exact) mass is 145 g/mol. The molecule has 0 heterocycles. The normalized spacial score (nSPS) is 17.0. The highest BCUT2D eigenvalue weighted by Gasteiger charge is 2.20. The summed E-state index contributed by atoms with van der Waals surface area (Å²) in [5.74, 6) is 5.87. The standard InChI is InChI=1S/C5H11N3S/c6-8-5(9)7-3-4-1-2-4/h4H,1-3,6H2,(H2,7,8,9). The third-order valence-corrected chi connectivity index (χ3v) is 1.64. The Balaban J connectivity index is 1.96. The molecule has 1 aliphatic rings. The molecule has 0 spiro atoms. The van der Waals surface area contributed by atoms with Crippen LogP contribution in [0.4, 0.5) is 0 Å². The van der Waals surface area contributed by atoms with Crippen LogP contribution in [-0.4, -0.2) is 11.7 Å². The number of hydrogen-bond acceptors (Lipinski definition) is 2. The molecule has 52 valence electrons. The van der Waals surface area contributed by atoms with Crippen LogP contribution < -0.4 is 16.6 Å². The van der Waals surface area contributed by atoms with Gasteiger partial charge in [0.15, 0.2) is 5.11 Å². The van der Waals surface area contributed by atoms with Crippen LogP contribution in [-0.2, 0) is 0 Å². The van der Waals surface area contributed by atoms with E-state index in [0.29, 0.717) is 5.11 Å². The van der Waals surface area contributed by atoms with Gasteiger partial charge >= 0.3 is 0 Å². The molecule has 1 rings (SSSR count). The lowest BCUT2D eigenvalue weighted by Gasteiger charge is -2.03. The van der Waals surface area contributed by atoms with E-state index in [1.54, 1.807) is 0 Å². The van der Waals surface area contributed by atoms with Crippen molar-refractivity contribution >= 4 is 17.3 Å². The van der Waals surface area contributed by atoms with E-state index >= 15 is 0 Å². The molecular weight excluding hydrogens is 134 g/mol. The van der Waals surface area contributed by atoms with Crippen molar-refractivity contribution in [1.82, 2.24) is 10.7 Å². The molecular formula is C5H11N3S. The molecule has 0 amide bonds. The summed E-state index contributed by atoms with van der Waals surface area (Å²) in [6.07, 6.45) is 2.67. The van der Waals surface area contributed by atoms with Crippen LogP contribution in [0.5, 0.6) is 0 Å². The zero-order valence-electron chi connectivity index (χ0n) is 5.18. The molecule has 0 saturated heterocycles. The number of thiocarbonyl (C=S) groups is 1. The van der Waals surface area contributed by atoms with Gasteiger partial charge in [-0.15, -0.1) is 0 Å². The largest absolute Gasteiger partial charge is 0.361 e. The molecule has 0 bridgehead atoms. The Morgan fingerprint density at radius 3 is 2.78 bits per heavy atom. The van der Waals surface area contributed by atoms with Gasteiger partial charge in [-0.2, -0.15) is 0 Å². The van der Waals surface area contributed by atoms with Gasteiger partial charge in [0.1, 0.15) is 0 Å². The lowest BCUT2D eigenvalue weighted by Crippen LogP contribution is -2.40. The Morgan fingerprint density at radius 1 is 1.67 bits per heavy atom. The minimum absolute atomic E-state index is 0.543. The van der Waals surface area contributed by atoms with E-state index in [4.69, 9.17) is 18.1 Å². The summed E-state index contributed by atoms with van der Waals surface area (Å²) in [5, 5.41) is 3.53. The third-order valence-electron chi connectivity index (χ3n) is 1.38. The number of hydrazine groups is 1. The van der Waals surface area contributed by atoms with Gasteiger partial charge in [0.05, 0.1) is 0 Å². The van der Waals surface area contributed by atoms with E-state index in [2.05, 4.69) is 10.7 Å². The number of nitrogens with one attached hydrogen (secondary N) is 2. The van der Waals surface area contributed by atoms with Crippen molar-refractivity contribution in [3.63, 3.8) is 0 Å². The van der Waals surface area contributed by atoms with Gasteiger partial charge < -0.3 is 10.7 Å². The average molecular weight is 145 g/mol. The zero-order valence-corrected chi connectivity index (χ0v) is 6.00. The van der Waals surface area contributed by atoms with Crippen LogP contribution in [0.3, 0.4) is 0 Å². The first kappa shape index (κ1) is 6.77. The molecule has 0 unspecified atom stereocenters. The smallest absolute Gasteiger partial charge is 0.180 e. The van der Waals surface area contributed by atoms with Crippen molar-refractivity contribution in [3.8, 4) is 0 Å². The molecule has 0 atom stereocenters. The summed E-state index contributed by atoms with van der Waals surface area (Å²) in [7, 11) is 0. The van der Waals surface area contributed by atoms with E-state index in [1.807, 2.05) is 0 Å². The highest BCUT2D eigenvalue weighted by molar-refractivity contribution is 7.80. The molecule has 9 heavy (non-hydrogen) atoms. The Labute approximate surface area is 60.0 Å². The molecule has 0 aliphatic heterocycles. The lowest BCUT2D eigenvalue weighted by atomic mass is 10.4. The second-order valence-corrected chi connectivity index (χ2v) is 2.71. The van der Waals surface area contributed by atoms with Crippen LogP contribution >= 0.6 is 12.2 Å². The molecule has 4 N–H and O–H groups in total. The highest BCUT2D eigenvalue weighted by atomic mass is 32.1. The van der Waals surface area contributed by atoms with Crippen molar-refractivity contribution in [2.24, 2.45) is 11.8 Å². The van der Waals surface area contributed by atoms with Gasteiger partial charge in [0.2, 0.25) is 0 Å². The minimum atomic E-state index is 0.543. The predicted molar refractivity (Wildman–Crippen MR) is 40.6 cm³/mol. The number of nitrogens with two attached hydrogens (primary N) is 1. The Bertz CT molecular complexity index is 111. The summed E-state index contributed by atoms with van der Waals surface area (Å²) < 4.78 is 0. The lowest BCUT2D eigenvalue weighted by molar-refractivity contribution is 0.758. The Morgan fingerprint density at radius 2 is 2.33 bits per heavy atom. The molecule has 4 heteroatoms. The summed E-state index contributed by atoms with van der Waals surface area (Å²) in [6.45, 7) is 0.975. The van der Waals surface area contributed by atoms with Gasteiger partial charge in [-0.1, -0.05) is 0 Å². The maximum absolute atomic E-state index is 5.02. The first-order chi connectivity index (χ1) is 4.33. The van der Waals surface area contributed by atoms with Crippen molar-refractivity contribution < 1.29 is 0 Å². The number of hydrogen-bond donors (Lipinski definition) is 3. The second-order valence-electron chi connectivity index (χ2n) is 2.30. The van der Waals surface area contributed by atoms with Crippen LogP contribution in [0.25, 0.3) is 0 Å². The Hall–Kier alpha value is -0.350. The molecule has 0 aromatic heterocycles. The van der Waals surface area contributed by atoms with E-state index in [1.165, 1.54) is 12.8 Å². The molecule has 1 saturated carbocycles. The van der Waals surface area contributed by atoms with Crippen LogP contribution in [0, 0.1) is 5.92 Å². The summed E-state index contributed by atoms with van der Waals surface area (Å²) in [5.41, 5.74) is 2.37. The first-order valence-electron chi connectivity index (χ1n) is 3.07. The average Bonchev–Trinajstić information content (AvgIpc) is 2.65. The van der Waals surface area contributed by atoms with Gasteiger partial charge in [-0.05, 0) is 31.0 Å². The zero-order chi connectivity index (χ0) is 6.69. The molecule has 0 radical (unpaired) electrons. The quantitative estimate of drug-likeness (QED) is 0.284. The minimum Gasteiger partial charge on any atom is -0.361 e. The summed E-state index contributed by atoms with van der Waals surface area (Å²) >= 11 is 4.75. The SMILES string of the molecule is NNC(=S)NCC1CC1. The summed E-state index contributed by atoms with van der Waals surface area (Å²) in [4.78, 5) is 0. The maximum atomic E-state index is 5.02. The van der Waals surface area contributed by atoms with E-state index in [0.717, 1.165) is 12.5 Å². The van der Waals surface area contributed by atoms with Crippen molar-refractivity contribution in [2.75, 3.05) is 6.54 Å². The molecule has 3 nitrogen and oxygen atoms in total. The molecule has 0 aromatic carbocycles. The fraction of sp³-hybridized carbons (Fsp3) is 0.800. The van der Waals surface area contributed by atoms with E-state index in [9.17, 15) is 0 Å². The first-order valence-corrected chi connectivity index (χ1v) is 3.48. The molecule has 0 aromatic rings. The molecule has 1 aliphatic carbocycles. The van der Waals surface area contributed by atoms with Crippen LogP contribution in [0.1, 0.15) is 12.8 Å². The van der Waals surface area contributed by atoms with Crippen molar-refractivity contribution in [3.05, 3.63) is 0 Å². The second kappa shape index (κ2) is 2.98. The van der Waals surface area contributed by atoms with Crippen molar-refractivity contribution in [1.29, 1.82) is 0 Å². The maximum Gasteiger partial charge on any atom is 0.180 e.